The predicted octanol–water partition coefficient (Wildman–Crippen LogP) is -0.603. The van der Waals surface area contributed by atoms with Crippen LogP contribution in [0.5, 0.6) is 0 Å². The summed E-state index contributed by atoms with van der Waals surface area (Å²) in [4.78, 5) is 31.5. The molecule has 0 aliphatic carbocycles. The zero-order chi connectivity index (χ0) is 18.7. The number of carbonyl (C=O) groups is 1. The Balaban J connectivity index is 1.97. The minimum absolute atomic E-state index is 0.0692. The van der Waals surface area contributed by atoms with Crippen molar-refractivity contribution in [1.29, 1.82) is 0 Å². The number of hydrogen-bond donors (Lipinski definition) is 3. The first kappa shape index (κ1) is 18.6. The topological polar surface area (TPSA) is 68.0 Å². The summed E-state index contributed by atoms with van der Waals surface area (Å²) in [5.74, 6) is -0.453. The number of esters is 1. The first-order valence-corrected chi connectivity index (χ1v) is 9.45. The molecule has 6 nitrogen and oxygen atoms in total. The van der Waals surface area contributed by atoms with Crippen molar-refractivity contribution in [2.45, 2.75) is 32.4 Å². The normalized spacial score (nSPS) is 21.5. The fraction of sp³-hybridized carbons (Fsp3) is 0.500. The van der Waals surface area contributed by atoms with E-state index in [4.69, 9.17) is 4.74 Å². The highest BCUT2D eigenvalue weighted by molar-refractivity contribution is 5.92. The van der Waals surface area contributed by atoms with Crippen molar-refractivity contribution in [3.63, 3.8) is 0 Å². The maximum atomic E-state index is 13.1. The number of ether oxygens (including phenoxy) is 1. The van der Waals surface area contributed by atoms with Crippen LogP contribution in [0.3, 0.4) is 0 Å². The summed E-state index contributed by atoms with van der Waals surface area (Å²) in [5, 5.41) is 0.621. The van der Waals surface area contributed by atoms with Gasteiger partial charge in [0.1, 0.15) is 12.2 Å². The number of aromatic nitrogens is 1. The molecule has 1 aliphatic heterocycles. The van der Waals surface area contributed by atoms with Crippen LogP contribution in [0.25, 0.3) is 10.9 Å². The average molecular weight is 359 g/mol. The number of aromatic amines is 1. The minimum atomic E-state index is -0.453. The zero-order valence-corrected chi connectivity index (χ0v) is 15.9. The molecule has 2 heterocycles. The number of carbonyl (C=O) groups excluding carboxylic acids is 1. The van der Waals surface area contributed by atoms with Crippen LogP contribution in [0, 0.1) is 0 Å². The number of piperidine rings is 1. The molecular weight excluding hydrogens is 330 g/mol. The number of rotatable bonds is 5. The van der Waals surface area contributed by atoms with Crippen molar-refractivity contribution in [1.82, 2.24) is 4.98 Å². The van der Waals surface area contributed by atoms with E-state index < -0.39 is 5.97 Å². The molecular formula is C20H29N3O3+2. The SMILES string of the molecule is CCOC(=O)c1[nH]c2ccccc2c(=O)c1C[NH+](C)C1CC[NH+](C)CC1. The molecule has 140 valence electrons. The lowest BCUT2D eigenvalue weighted by Crippen LogP contribution is -3.17. The summed E-state index contributed by atoms with van der Waals surface area (Å²) in [6.45, 7) is 4.89. The van der Waals surface area contributed by atoms with Crippen molar-refractivity contribution < 1.29 is 19.3 Å². The monoisotopic (exact) mass is 359 g/mol. The van der Waals surface area contributed by atoms with Gasteiger partial charge in [0.25, 0.3) is 0 Å². The predicted molar refractivity (Wildman–Crippen MR) is 101 cm³/mol. The van der Waals surface area contributed by atoms with Crippen molar-refractivity contribution >= 4 is 16.9 Å². The van der Waals surface area contributed by atoms with Crippen LogP contribution in [0.2, 0.25) is 0 Å². The van der Waals surface area contributed by atoms with Gasteiger partial charge in [-0.3, -0.25) is 4.79 Å². The Hall–Kier alpha value is -2.18. The van der Waals surface area contributed by atoms with E-state index in [9.17, 15) is 9.59 Å². The van der Waals surface area contributed by atoms with Gasteiger partial charge in [-0.15, -0.1) is 0 Å². The highest BCUT2D eigenvalue weighted by Crippen LogP contribution is 2.12. The highest BCUT2D eigenvalue weighted by Gasteiger charge is 2.29. The van der Waals surface area contributed by atoms with Crippen LogP contribution < -0.4 is 15.2 Å². The van der Waals surface area contributed by atoms with Crippen LogP contribution in [-0.4, -0.2) is 50.8 Å². The first-order valence-electron chi connectivity index (χ1n) is 9.45. The maximum Gasteiger partial charge on any atom is 0.355 e. The number of likely N-dealkylation sites (tertiary alicyclic amines) is 1. The number of fused-ring (bicyclic) bond motifs is 1. The Morgan fingerprint density at radius 3 is 2.69 bits per heavy atom. The van der Waals surface area contributed by atoms with E-state index >= 15 is 0 Å². The standard InChI is InChI=1S/C20H27N3O3/c1-4-26-20(25)18-16(13-23(3)14-9-11-22(2)12-10-14)19(24)15-7-5-6-8-17(15)21-18/h5-8,14H,4,9-13H2,1-3H3,(H,21,24)/p+2. The van der Waals surface area contributed by atoms with Gasteiger partial charge in [-0.05, 0) is 19.1 Å². The summed E-state index contributed by atoms with van der Waals surface area (Å²) in [5.41, 5.74) is 1.43. The maximum absolute atomic E-state index is 13.1. The van der Waals surface area contributed by atoms with Crippen LogP contribution in [0.4, 0.5) is 0 Å². The van der Waals surface area contributed by atoms with Crippen LogP contribution in [0.15, 0.2) is 29.1 Å². The quantitative estimate of drug-likeness (QED) is 0.625. The van der Waals surface area contributed by atoms with E-state index in [1.54, 1.807) is 17.9 Å². The van der Waals surface area contributed by atoms with Gasteiger partial charge in [0.2, 0.25) is 0 Å². The molecule has 0 saturated carbocycles. The molecule has 0 radical (unpaired) electrons. The summed E-state index contributed by atoms with van der Waals surface area (Å²) < 4.78 is 5.19. The van der Waals surface area contributed by atoms with Crippen LogP contribution in [-0.2, 0) is 11.3 Å². The molecule has 1 unspecified atom stereocenters. The Bertz CT molecular complexity index is 838. The third-order valence-corrected chi connectivity index (χ3v) is 5.48. The van der Waals surface area contributed by atoms with Gasteiger partial charge in [0, 0.05) is 23.7 Å². The first-order chi connectivity index (χ1) is 12.5. The molecule has 1 aromatic heterocycles. The second-order valence-electron chi connectivity index (χ2n) is 7.33. The second-order valence-corrected chi connectivity index (χ2v) is 7.33. The molecule has 0 spiro atoms. The number of pyridine rings is 1. The molecule has 1 atom stereocenters. The lowest BCUT2D eigenvalue weighted by molar-refractivity contribution is -0.948. The van der Waals surface area contributed by atoms with Gasteiger partial charge in [-0.2, -0.15) is 0 Å². The van der Waals surface area contributed by atoms with Gasteiger partial charge in [-0.25, -0.2) is 4.79 Å². The number of H-pyrrole nitrogens is 1. The lowest BCUT2D eigenvalue weighted by Gasteiger charge is -2.30. The molecule has 1 saturated heterocycles. The summed E-state index contributed by atoms with van der Waals surface area (Å²) >= 11 is 0. The summed E-state index contributed by atoms with van der Waals surface area (Å²) in [6, 6.07) is 7.84. The lowest BCUT2D eigenvalue weighted by atomic mass is 10.0. The Morgan fingerprint density at radius 1 is 1.31 bits per heavy atom. The smallest absolute Gasteiger partial charge is 0.355 e. The molecule has 3 rings (SSSR count). The minimum Gasteiger partial charge on any atom is -0.461 e. The third kappa shape index (κ3) is 3.81. The Morgan fingerprint density at radius 2 is 2.00 bits per heavy atom. The number of quaternary nitrogens is 2. The van der Waals surface area contributed by atoms with Crippen molar-refractivity contribution in [3.8, 4) is 0 Å². The van der Waals surface area contributed by atoms with Crippen LogP contribution >= 0.6 is 0 Å². The molecule has 1 fully saturated rings. The molecule has 3 N–H and O–H groups in total. The Kier molecular flexibility index (Phi) is 5.74. The van der Waals surface area contributed by atoms with Gasteiger partial charge < -0.3 is 19.5 Å². The molecule has 1 aromatic carbocycles. The Labute approximate surface area is 153 Å². The van der Waals surface area contributed by atoms with Gasteiger partial charge in [0.05, 0.1) is 45.4 Å². The fourth-order valence-corrected chi connectivity index (χ4v) is 3.85. The fourth-order valence-electron chi connectivity index (χ4n) is 3.85. The van der Waals surface area contributed by atoms with E-state index in [2.05, 4.69) is 19.1 Å². The van der Waals surface area contributed by atoms with Crippen molar-refractivity contribution in [2.75, 3.05) is 33.8 Å². The average Bonchev–Trinajstić information content (AvgIpc) is 2.64. The highest BCUT2D eigenvalue weighted by atomic mass is 16.5. The van der Waals surface area contributed by atoms with Crippen molar-refractivity contribution in [3.05, 3.63) is 45.7 Å². The van der Waals surface area contributed by atoms with E-state index in [1.807, 2.05) is 18.2 Å². The number of nitrogens with one attached hydrogen (secondary N) is 3. The van der Waals surface area contributed by atoms with Gasteiger partial charge in [-0.1, -0.05) is 12.1 Å². The number of benzene rings is 1. The second kappa shape index (κ2) is 8.01. The zero-order valence-electron chi connectivity index (χ0n) is 15.9. The molecule has 26 heavy (non-hydrogen) atoms. The summed E-state index contributed by atoms with van der Waals surface area (Å²) in [6.07, 6.45) is 2.27. The largest absolute Gasteiger partial charge is 0.461 e. The number of hydrogen-bond acceptors (Lipinski definition) is 3. The van der Waals surface area contributed by atoms with E-state index in [-0.39, 0.29) is 12.0 Å². The van der Waals surface area contributed by atoms with Crippen molar-refractivity contribution in [2.24, 2.45) is 0 Å². The molecule has 1 aliphatic rings. The van der Waals surface area contributed by atoms with E-state index in [0.717, 1.165) is 25.9 Å². The molecule has 2 aromatic rings. The summed E-state index contributed by atoms with van der Waals surface area (Å²) in [7, 11) is 4.34. The van der Waals surface area contributed by atoms with Crippen LogP contribution in [0.1, 0.15) is 35.8 Å². The molecule has 0 bridgehead atoms. The third-order valence-electron chi connectivity index (χ3n) is 5.48. The van der Waals surface area contributed by atoms with Gasteiger partial charge >= 0.3 is 5.97 Å². The van der Waals surface area contributed by atoms with Gasteiger partial charge in [0.15, 0.2) is 5.43 Å². The van der Waals surface area contributed by atoms with E-state index in [1.165, 1.54) is 4.90 Å². The van der Waals surface area contributed by atoms with E-state index in [0.29, 0.717) is 34.7 Å². The molecule has 6 heteroatoms. The number of para-hydroxylation sites is 1. The molecule has 0 amide bonds.